The molecule has 1 atom stereocenters. The summed E-state index contributed by atoms with van der Waals surface area (Å²) in [6.07, 6.45) is 6.06. The lowest BCUT2D eigenvalue weighted by molar-refractivity contribution is 0.602. The first kappa shape index (κ1) is 16.4. The summed E-state index contributed by atoms with van der Waals surface area (Å²) in [7, 11) is -0.463. The minimum Gasteiger partial charge on any atom is -0.0707 e. The second-order valence-electron chi connectivity index (χ2n) is 5.65. The van der Waals surface area contributed by atoms with Crippen molar-refractivity contribution in [1.29, 1.82) is 0 Å². The smallest absolute Gasteiger partial charge is 0.0707 e. The van der Waals surface area contributed by atoms with Gasteiger partial charge < -0.3 is 0 Å². The Hall–Kier alpha value is -1.98. The molecule has 0 aliphatic heterocycles. The van der Waals surface area contributed by atoms with Crippen molar-refractivity contribution in [2.75, 3.05) is 0 Å². The van der Waals surface area contributed by atoms with Gasteiger partial charge in [0.2, 0.25) is 0 Å². The summed E-state index contributed by atoms with van der Waals surface area (Å²) < 4.78 is 11.6. The van der Waals surface area contributed by atoms with Crippen LogP contribution in [0.4, 0.5) is 0 Å². The van der Waals surface area contributed by atoms with Gasteiger partial charge in [0.15, 0.2) is 5.31 Å². The van der Waals surface area contributed by atoms with Gasteiger partial charge in [-0.05, 0) is 79.3 Å². The maximum Gasteiger partial charge on any atom is 0.363 e. The van der Waals surface area contributed by atoms with E-state index in [-0.39, 0.29) is 0 Å². The Morgan fingerprint density at radius 3 is 1.73 bits per heavy atom. The first-order valence-electron chi connectivity index (χ1n) is 7.43. The average Bonchev–Trinajstić information content (AvgIpc) is 2.48. The van der Waals surface area contributed by atoms with E-state index in [2.05, 4.69) is 64.1 Å². The second-order valence-corrected chi connectivity index (χ2v) is 6.43. The lowest BCUT2D eigenvalue weighted by Gasteiger charge is -2.04. The van der Waals surface area contributed by atoms with E-state index in [1.807, 2.05) is 18.2 Å². The molecule has 1 nitrogen and oxygen atoms in total. The highest BCUT2D eigenvalue weighted by Crippen LogP contribution is 2.24. The molecule has 0 saturated heterocycles. The predicted molar refractivity (Wildman–Crippen MR) is 97.8 cm³/mol. The van der Waals surface area contributed by atoms with Crippen LogP contribution in [0.1, 0.15) is 33.4 Å². The molecule has 2 aromatic carbocycles. The van der Waals surface area contributed by atoms with E-state index in [1.165, 1.54) is 27.8 Å². The third kappa shape index (κ3) is 3.81. The maximum atomic E-state index is 11.6. The van der Waals surface area contributed by atoms with Crippen LogP contribution in [0, 0.1) is 27.7 Å². The molecular formula is C20H22OP+. The molecule has 0 aliphatic carbocycles. The maximum absolute atomic E-state index is 11.6. The van der Waals surface area contributed by atoms with E-state index in [0.717, 1.165) is 10.9 Å². The number of hydrogen-bond acceptors (Lipinski definition) is 1. The van der Waals surface area contributed by atoms with Crippen molar-refractivity contribution in [3.63, 3.8) is 0 Å². The molecule has 0 aliphatic rings. The van der Waals surface area contributed by atoms with Crippen molar-refractivity contribution < 1.29 is 4.57 Å². The molecule has 0 amide bonds. The molecule has 0 bridgehead atoms. The molecule has 0 spiro atoms. The fraction of sp³-hybridized carbons (Fsp3) is 0.200. The van der Waals surface area contributed by atoms with Crippen LogP contribution in [-0.2, 0) is 4.57 Å². The summed E-state index contributed by atoms with van der Waals surface area (Å²) in [5, 5.41) is 0.833. The average molecular weight is 309 g/mol. The number of hydrogen-bond donors (Lipinski definition) is 0. The Labute approximate surface area is 134 Å². The molecule has 1 unspecified atom stereocenters. The van der Waals surface area contributed by atoms with Crippen molar-refractivity contribution in [2.45, 2.75) is 27.7 Å². The van der Waals surface area contributed by atoms with Gasteiger partial charge in [0.25, 0.3) is 0 Å². The second kappa shape index (κ2) is 7.33. The zero-order chi connectivity index (χ0) is 16.1. The van der Waals surface area contributed by atoms with E-state index in [1.54, 1.807) is 0 Å². The van der Waals surface area contributed by atoms with Crippen molar-refractivity contribution in [3.05, 3.63) is 81.2 Å². The van der Waals surface area contributed by atoms with Gasteiger partial charge in [-0.25, -0.2) is 0 Å². The summed E-state index contributed by atoms with van der Waals surface area (Å²) in [6, 6.07) is 12.5. The minimum absolute atomic E-state index is 0.463. The zero-order valence-corrected chi connectivity index (χ0v) is 14.6. The van der Waals surface area contributed by atoms with Gasteiger partial charge in [0.05, 0.1) is 0 Å². The highest BCUT2D eigenvalue weighted by Gasteiger charge is 2.06. The normalized spacial score (nSPS) is 12.3. The Morgan fingerprint density at radius 1 is 0.818 bits per heavy atom. The largest absolute Gasteiger partial charge is 0.363 e. The summed E-state index contributed by atoms with van der Waals surface area (Å²) in [5.74, 6) is 0. The third-order valence-electron chi connectivity index (χ3n) is 3.93. The quantitative estimate of drug-likeness (QED) is 0.500. The molecule has 0 N–H and O–H groups in total. The van der Waals surface area contributed by atoms with Crippen LogP contribution in [0.5, 0.6) is 0 Å². The van der Waals surface area contributed by atoms with Crippen LogP contribution in [0.3, 0.4) is 0 Å². The minimum atomic E-state index is -0.463. The molecule has 2 rings (SSSR count). The molecule has 0 radical (unpaired) electrons. The molecular weight excluding hydrogens is 287 g/mol. The number of benzene rings is 2. The van der Waals surface area contributed by atoms with Crippen molar-refractivity contribution in [1.82, 2.24) is 0 Å². The van der Waals surface area contributed by atoms with E-state index >= 15 is 0 Å². The van der Waals surface area contributed by atoms with E-state index in [9.17, 15) is 4.57 Å². The predicted octanol–water partition coefficient (Wildman–Crippen LogP) is 6.00. The Bertz CT molecular complexity index is 714. The van der Waals surface area contributed by atoms with Gasteiger partial charge in [0, 0.05) is 0 Å². The molecule has 0 aromatic heterocycles. The lowest BCUT2D eigenvalue weighted by Crippen LogP contribution is -1.86. The van der Waals surface area contributed by atoms with Gasteiger partial charge in [0.1, 0.15) is 0 Å². The molecule has 0 heterocycles. The molecule has 112 valence electrons. The fourth-order valence-electron chi connectivity index (χ4n) is 2.59. The number of rotatable bonds is 4. The molecule has 2 aromatic rings. The highest BCUT2D eigenvalue weighted by molar-refractivity contribution is 7.30. The number of aryl methyl sites for hydroxylation is 4. The summed E-state index contributed by atoms with van der Waals surface area (Å²) >= 11 is 0. The first-order chi connectivity index (χ1) is 10.5. The van der Waals surface area contributed by atoms with Crippen LogP contribution >= 0.6 is 8.46 Å². The standard InChI is InChI=1S/C20H21OP/c1-14-7-5-8-15(2)19(14)12-11-18(22-21)13-20-16(3)9-6-10-17(20)4/h5-13H,1-4H3/p+1. The van der Waals surface area contributed by atoms with Gasteiger partial charge in [-0.15, -0.1) is 0 Å². The van der Waals surface area contributed by atoms with E-state index in [0.29, 0.717) is 0 Å². The van der Waals surface area contributed by atoms with Crippen LogP contribution in [-0.4, -0.2) is 0 Å². The van der Waals surface area contributed by atoms with Gasteiger partial charge in [-0.2, -0.15) is 0 Å². The first-order valence-corrected chi connectivity index (χ1v) is 8.34. The van der Waals surface area contributed by atoms with Crippen LogP contribution < -0.4 is 0 Å². The van der Waals surface area contributed by atoms with Gasteiger partial charge in [-0.3, -0.25) is 0 Å². The van der Waals surface area contributed by atoms with Gasteiger partial charge in [-0.1, -0.05) is 41.0 Å². The highest BCUT2D eigenvalue weighted by atomic mass is 31.1. The SMILES string of the molecule is Cc1cccc(C)c1C=CC(=Cc1c(C)cccc1C)[PH+]=O. The Kier molecular flexibility index (Phi) is 5.46. The molecule has 0 saturated carbocycles. The van der Waals surface area contributed by atoms with Crippen molar-refractivity contribution in [3.8, 4) is 0 Å². The molecule has 22 heavy (non-hydrogen) atoms. The van der Waals surface area contributed by atoms with Crippen LogP contribution in [0.2, 0.25) is 0 Å². The lowest BCUT2D eigenvalue weighted by atomic mass is 10.0. The topological polar surface area (TPSA) is 17.1 Å². The van der Waals surface area contributed by atoms with Gasteiger partial charge >= 0.3 is 8.46 Å². The molecule has 0 fully saturated rings. The van der Waals surface area contributed by atoms with Crippen molar-refractivity contribution >= 4 is 20.6 Å². The molecule has 2 heteroatoms. The van der Waals surface area contributed by atoms with E-state index in [4.69, 9.17) is 0 Å². The summed E-state index contributed by atoms with van der Waals surface area (Å²) in [4.78, 5) is 0. The van der Waals surface area contributed by atoms with Crippen LogP contribution in [0.15, 0.2) is 47.8 Å². The van der Waals surface area contributed by atoms with Crippen molar-refractivity contribution in [2.24, 2.45) is 0 Å². The fourth-order valence-corrected chi connectivity index (χ4v) is 2.94. The van der Waals surface area contributed by atoms with Crippen LogP contribution in [0.25, 0.3) is 12.2 Å². The third-order valence-corrected chi connectivity index (χ3v) is 4.48. The Balaban J connectivity index is 2.39. The summed E-state index contributed by atoms with van der Waals surface area (Å²) in [5.41, 5.74) is 7.24. The monoisotopic (exact) mass is 309 g/mol. The Morgan fingerprint density at radius 2 is 1.27 bits per heavy atom. The number of allylic oxidation sites excluding steroid dienone is 2. The van der Waals surface area contributed by atoms with E-state index < -0.39 is 8.46 Å². The zero-order valence-electron chi connectivity index (χ0n) is 13.6. The summed E-state index contributed by atoms with van der Waals surface area (Å²) in [6.45, 7) is 8.36.